The SMILES string of the molecule is COCc1nc(C)oc1C(=O)O. The number of carboxylic acid groups (broad SMARTS) is 1. The number of aryl methyl sites for hydroxylation is 1. The highest BCUT2D eigenvalue weighted by molar-refractivity contribution is 5.85. The van der Waals surface area contributed by atoms with Crippen molar-refractivity contribution < 1.29 is 19.1 Å². The molecule has 0 aromatic carbocycles. The van der Waals surface area contributed by atoms with E-state index in [0.29, 0.717) is 11.6 Å². The number of oxazole rings is 1. The zero-order valence-corrected chi connectivity index (χ0v) is 6.83. The Hall–Kier alpha value is -1.36. The monoisotopic (exact) mass is 171 g/mol. The molecular formula is C7H9NO4. The molecule has 5 heteroatoms. The molecule has 0 bridgehead atoms. The van der Waals surface area contributed by atoms with Gasteiger partial charge in [-0.25, -0.2) is 9.78 Å². The van der Waals surface area contributed by atoms with E-state index in [-0.39, 0.29) is 12.4 Å². The minimum atomic E-state index is -1.12. The maximum Gasteiger partial charge on any atom is 0.373 e. The van der Waals surface area contributed by atoms with E-state index in [1.54, 1.807) is 6.92 Å². The highest BCUT2D eigenvalue weighted by atomic mass is 16.5. The van der Waals surface area contributed by atoms with Gasteiger partial charge in [0.25, 0.3) is 0 Å². The Balaban J connectivity index is 2.99. The second kappa shape index (κ2) is 3.36. The number of nitrogens with zero attached hydrogens (tertiary/aromatic N) is 1. The van der Waals surface area contributed by atoms with E-state index in [2.05, 4.69) is 4.98 Å². The number of methoxy groups -OCH3 is 1. The van der Waals surface area contributed by atoms with E-state index in [1.165, 1.54) is 7.11 Å². The lowest BCUT2D eigenvalue weighted by Crippen LogP contribution is -2.00. The van der Waals surface area contributed by atoms with E-state index >= 15 is 0 Å². The molecule has 0 amide bonds. The molecule has 1 aromatic rings. The maximum absolute atomic E-state index is 10.5. The minimum Gasteiger partial charge on any atom is -0.475 e. The van der Waals surface area contributed by atoms with Gasteiger partial charge in [-0.05, 0) is 0 Å². The molecule has 66 valence electrons. The van der Waals surface area contributed by atoms with Crippen LogP contribution in [0.15, 0.2) is 4.42 Å². The van der Waals surface area contributed by atoms with Crippen LogP contribution in [0.4, 0.5) is 0 Å². The first-order chi connectivity index (χ1) is 5.65. The molecule has 1 aromatic heterocycles. The van der Waals surface area contributed by atoms with Gasteiger partial charge < -0.3 is 14.3 Å². The predicted molar refractivity (Wildman–Crippen MR) is 38.9 cm³/mol. The zero-order valence-electron chi connectivity index (χ0n) is 6.83. The zero-order chi connectivity index (χ0) is 9.14. The highest BCUT2D eigenvalue weighted by Gasteiger charge is 2.16. The molecule has 0 spiro atoms. The lowest BCUT2D eigenvalue weighted by atomic mass is 10.3. The maximum atomic E-state index is 10.5. The van der Waals surface area contributed by atoms with Gasteiger partial charge in [0.1, 0.15) is 5.69 Å². The summed E-state index contributed by atoms with van der Waals surface area (Å²) in [5.41, 5.74) is 0.322. The van der Waals surface area contributed by atoms with Crippen LogP contribution in [0.25, 0.3) is 0 Å². The molecule has 0 atom stereocenters. The van der Waals surface area contributed by atoms with Crippen LogP contribution in [0.1, 0.15) is 22.1 Å². The second-order valence-corrected chi connectivity index (χ2v) is 2.25. The molecular weight excluding hydrogens is 162 g/mol. The quantitative estimate of drug-likeness (QED) is 0.729. The van der Waals surface area contributed by atoms with Crippen LogP contribution in [0.5, 0.6) is 0 Å². The third-order valence-electron chi connectivity index (χ3n) is 1.28. The molecule has 1 rings (SSSR count). The van der Waals surface area contributed by atoms with Crippen molar-refractivity contribution in [3.8, 4) is 0 Å². The van der Waals surface area contributed by atoms with E-state index < -0.39 is 5.97 Å². The summed E-state index contributed by atoms with van der Waals surface area (Å²) >= 11 is 0. The Morgan fingerprint density at radius 2 is 2.42 bits per heavy atom. The molecule has 0 saturated heterocycles. The average molecular weight is 171 g/mol. The number of rotatable bonds is 3. The van der Waals surface area contributed by atoms with Gasteiger partial charge in [-0.1, -0.05) is 0 Å². The van der Waals surface area contributed by atoms with Crippen molar-refractivity contribution >= 4 is 5.97 Å². The summed E-state index contributed by atoms with van der Waals surface area (Å²) in [6.07, 6.45) is 0. The normalized spacial score (nSPS) is 10.2. The fraction of sp³-hybridized carbons (Fsp3) is 0.429. The molecule has 0 aliphatic rings. The molecule has 12 heavy (non-hydrogen) atoms. The first-order valence-corrected chi connectivity index (χ1v) is 3.33. The van der Waals surface area contributed by atoms with Crippen LogP contribution in [0.2, 0.25) is 0 Å². The summed E-state index contributed by atoms with van der Waals surface area (Å²) in [5, 5.41) is 8.62. The molecule has 0 saturated carbocycles. The lowest BCUT2D eigenvalue weighted by molar-refractivity contribution is 0.0654. The minimum absolute atomic E-state index is 0.144. The van der Waals surface area contributed by atoms with Gasteiger partial charge in [0.05, 0.1) is 6.61 Å². The molecule has 0 aliphatic heterocycles. The van der Waals surface area contributed by atoms with Gasteiger partial charge in [0.15, 0.2) is 5.89 Å². The van der Waals surface area contributed by atoms with Crippen molar-refractivity contribution in [2.45, 2.75) is 13.5 Å². The van der Waals surface area contributed by atoms with Gasteiger partial charge in [-0.15, -0.1) is 0 Å². The van der Waals surface area contributed by atoms with Crippen molar-refractivity contribution in [1.82, 2.24) is 4.98 Å². The van der Waals surface area contributed by atoms with Gasteiger partial charge in [0.2, 0.25) is 5.76 Å². The predicted octanol–water partition coefficient (Wildman–Crippen LogP) is 0.828. The number of aromatic nitrogens is 1. The van der Waals surface area contributed by atoms with E-state index in [4.69, 9.17) is 14.3 Å². The van der Waals surface area contributed by atoms with Crippen molar-refractivity contribution in [2.75, 3.05) is 7.11 Å². The Kier molecular flexibility index (Phi) is 2.44. The Morgan fingerprint density at radius 1 is 1.75 bits per heavy atom. The topological polar surface area (TPSA) is 72.6 Å². The second-order valence-electron chi connectivity index (χ2n) is 2.25. The van der Waals surface area contributed by atoms with E-state index in [9.17, 15) is 4.79 Å². The van der Waals surface area contributed by atoms with Crippen molar-refractivity contribution in [3.63, 3.8) is 0 Å². The van der Waals surface area contributed by atoms with E-state index in [0.717, 1.165) is 0 Å². The summed E-state index contributed by atoms with van der Waals surface area (Å²) in [4.78, 5) is 14.4. The molecule has 0 unspecified atom stereocenters. The number of aromatic carboxylic acids is 1. The molecule has 1 heterocycles. The molecule has 0 radical (unpaired) electrons. The molecule has 5 nitrogen and oxygen atoms in total. The number of carboxylic acids is 1. The van der Waals surface area contributed by atoms with E-state index in [1.807, 2.05) is 0 Å². The van der Waals surface area contributed by atoms with Gasteiger partial charge in [-0.2, -0.15) is 0 Å². The smallest absolute Gasteiger partial charge is 0.373 e. The fourth-order valence-corrected chi connectivity index (χ4v) is 0.872. The standard InChI is InChI=1S/C7H9NO4/c1-4-8-5(3-11-2)6(12-4)7(9)10/h3H2,1-2H3,(H,9,10). The van der Waals surface area contributed by atoms with Gasteiger partial charge in [0, 0.05) is 14.0 Å². The van der Waals surface area contributed by atoms with Crippen LogP contribution in [0, 0.1) is 6.92 Å². The van der Waals surface area contributed by atoms with Crippen molar-refractivity contribution in [1.29, 1.82) is 0 Å². The van der Waals surface area contributed by atoms with Gasteiger partial charge in [-0.3, -0.25) is 0 Å². The summed E-state index contributed by atoms with van der Waals surface area (Å²) in [6.45, 7) is 1.74. The molecule has 1 N–H and O–H groups in total. The first-order valence-electron chi connectivity index (χ1n) is 3.33. The average Bonchev–Trinajstić information content (AvgIpc) is 2.32. The van der Waals surface area contributed by atoms with Crippen LogP contribution in [-0.2, 0) is 11.3 Å². The van der Waals surface area contributed by atoms with Crippen LogP contribution in [0.3, 0.4) is 0 Å². The van der Waals surface area contributed by atoms with Crippen molar-refractivity contribution in [2.24, 2.45) is 0 Å². The van der Waals surface area contributed by atoms with Gasteiger partial charge >= 0.3 is 5.97 Å². The van der Waals surface area contributed by atoms with Crippen LogP contribution in [-0.4, -0.2) is 23.2 Å². The summed E-state index contributed by atoms with van der Waals surface area (Å²) in [7, 11) is 1.47. The third-order valence-corrected chi connectivity index (χ3v) is 1.28. The molecule has 0 fully saturated rings. The molecule has 0 aliphatic carbocycles. The number of hydrogen-bond acceptors (Lipinski definition) is 4. The highest BCUT2D eigenvalue weighted by Crippen LogP contribution is 2.10. The number of carbonyl (C=O) groups is 1. The summed E-state index contributed by atoms with van der Waals surface area (Å²) < 4.78 is 9.58. The number of hydrogen-bond donors (Lipinski definition) is 1. The fourth-order valence-electron chi connectivity index (χ4n) is 0.872. The third kappa shape index (κ3) is 1.62. The lowest BCUT2D eigenvalue weighted by Gasteiger charge is -1.92. The largest absolute Gasteiger partial charge is 0.475 e. The summed E-state index contributed by atoms with van der Waals surface area (Å²) in [5.74, 6) is -0.934. The summed E-state index contributed by atoms with van der Waals surface area (Å²) in [6, 6.07) is 0. The Bertz CT molecular complexity index is 292. The van der Waals surface area contributed by atoms with Crippen LogP contribution >= 0.6 is 0 Å². The van der Waals surface area contributed by atoms with Crippen LogP contribution < -0.4 is 0 Å². The first kappa shape index (κ1) is 8.73. The Labute approximate surface area is 69.0 Å². The Morgan fingerprint density at radius 3 is 2.92 bits per heavy atom. The number of ether oxygens (including phenoxy) is 1. The van der Waals surface area contributed by atoms with Crippen molar-refractivity contribution in [3.05, 3.63) is 17.3 Å².